The highest BCUT2D eigenvalue weighted by atomic mass is 16.5. The first kappa shape index (κ1) is 19.3. The number of fused-ring (bicyclic) bond motifs is 1. The molecule has 152 valence electrons. The van der Waals surface area contributed by atoms with Gasteiger partial charge in [-0.2, -0.15) is 0 Å². The van der Waals surface area contributed by atoms with E-state index in [0.29, 0.717) is 17.9 Å². The molecule has 1 saturated heterocycles. The largest absolute Gasteiger partial charge is 0.507 e. The Hall–Kier alpha value is -3.03. The van der Waals surface area contributed by atoms with E-state index in [9.17, 15) is 15.0 Å². The van der Waals surface area contributed by atoms with E-state index in [1.54, 1.807) is 24.3 Å². The molecule has 0 aliphatic carbocycles. The zero-order chi connectivity index (χ0) is 20.4. The lowest BCUT2D eigenvalue weighted by Crippen LogP contribution is -2.49. The Morgan fingerprint density at radius 1 is 1.17 bits per heavy atom. The molecule has 7 nitrogen and oxygen atoms in total. The number of piperazine rings is 1. The van der Waals surface area contributed by atoms with Crippen LogP contribution in [0.2, 0.25) is 0 Å². The van der Waals surface area contributed by atoms with Crippen molar-refractivity contribution in [3.05, 3.63) is 52.7 Å². The molecule has 4 rings (SSSR count). The van der Waals surface area contributed by atoms with Crippen LogP contribution in [0, 0.1) is 0 Å². The molecule has 0 radical (unpaired) electrons. The van der Waals surface area contributed by atoms with E-state index >= 15 is 0 Å². The molecule has 1 aliphatic rings. The van der Waals surface area contributed by atoms with Gasteiger partial charge in [-0.05, 0) is 12.5 Å². The smallest absolute Gasteiger partial charge is 0.294 e. The van der Waals surface area contributed by atoms with Gasteiger partial charge in [-0.1, -0.05) is 30.3 Å². The van der Waals surface area contributed by atoms with Crippen molar-refractivity contribution in [3.8, 4) is 28.6 Å². The summed E-state index contributed by atoms with van der Waals surface area (Å²) in [6, 6.07) is 11.9. The van der Waals surface area contributed by atoms with Gasteiger partial charge in [0.15, 0.2) is 0 Å². The van der Waals surface area contributed by atoms with Gasteiger partial charge in [-0.3, -0.25) is 9.69 Å². The van der Waals surface area contributed by atoms with E-state index in [-0.39, 0.29) is 28.3 Å². The van der Waals surface area contributed by atoms with Gasteiger partial charge < -0.3 is 24.7 Å². The average molecular weight is 396 g/mol. The van der Waals surface area contributed by atoms with Gasteiger partial charge in [0, 0.05) is 44.4 Å². The zero-order valence-electron chi connectivity index (χ0n) is 16.2. The SMILES string of the molecule is CC(COc1cc(O)c2c(=O)c(-c3ccccc3)c(O)oc2c1)N1CCNCC1. The number of hydrogen-bond donors (Lipinski definition) is 3. The van der Waals surface area contributed by atoms with Crippen LogP contribution in [0.1, 0.15) is 6.92 Å². The highest BCUT2D eigenvalue weighted by Gasteiger charge is 2.20. The molecule has 3 N–H and O–H groups in total. The van der Waals surface area contributed by atoms with Crippen molar-refractivity contribution in [2.75, 3.05) is 32.8 Å². The van der Waals surface area contributed by atoms with Crippen molar-refractivity contribution >= 4 is 11.0 Å². The molecule has 29 heavy (non-hydrogen) atoms. The molecule has 3 aromatic rings. The van der Waals surface area contributed by atoms with Crippen molar-refractivity contribution in [2.45, 2.75) is 13.0 Å². The number of hydrogen-bond acceptors (Lipinski definition) is 7. The van der Waals surface area contributed by atoms with Crippen LogP contribution in [-0.4, -0.2) is 53.9 Å². The minimum absolute atomic E-state index is 0.0177. The van der Waals surface area contributed by atoms with Crippen molar-refractivity contribution < 1.29 is 19.4 Å². The number of nitrogens with zero attached hydrogens (tertiary/aromatic N) is 1. The van der Waals surface area contributed by atoms with Crippen LogP contribution in [0.5, 0.6) is 17.4 Å². The Bertz CT molecular complexity index is 1060. The van der Waals surface area contributed by atoms with E-state index in [4.69, 9.17) is 9.15 Å². The van der Waals surface area contributed by atoms with Crippen molar-refractivity contribution in [3.63, 3.8) is 0 Å². The standard InChI is InChI=1S/C22H24N2O5/c1-14(24-9-7-23-8-10-24)13-28-16-11-17(25)20-18(12-16)29-22(27)19(21(20)26)15-5-3-2-4-6-15/h2-6,11-12,14,23,25,27H,7-10,13H2,1H3. The van der Waals surface area contributed by atoms with Crippen LogP contribution in [0.15, 0.2) is 51.7 Å². The van der Waals surface area contributed by atoms with E-state index in [0.717, 1.165) is 26.2 Å². The summed E-state index contributed by atoms with van der Waals surface area (Å²) in [4.78, 5) is 15.2. The van der Waals surface area contributed by atoms with Crippen LogP contribution in [0.4, 0.5) is 0 Å². The Balaban J connectivity index is 1.63. The Kier molecular flexibility index (Phi) is 5.42. The first-order chi connectivity index (χ1) is 14.0. The van der Waals surface area contributed by atoms with E-state index in [2.05, 4.69) is 17.1 Å². The maximum Gasteiger partial charge on any atom is 0.294 e. The lowest BCUT2D eigenvalue weighted by molar-refractivity contribution is 0.132. The summed E-state index contributed by atoms with van der Waals surface area (Å²) in [7, 11) is 0. The van der Waals surface area contributed by atoms with Gasteiger partial charge >= 0.3 is 0 Å². The minimum atomic E-state index is -0.492. The summed E-state index contributed by atoms with van der Waals surface area (Å²) < 4.78 is 11.3. The first-order valence-electron chi connectivity index (χ1n) is 9.70. The Morgan fingerprint density at radius 2 is 1.90 bits per heavy atom. The van der Waals surface area contributed by atoms with Gasteiger partial charge in [-0.25, -0.2) is 0 Å². The molecule has 1 fully saturated rings. The predicted octanol–water partition coefficient (Wildman–Crippen LogP) is 2.54. The molecule has 0 saturated carbocycles. The number of phenolic OH excluding ortho intramolecular Hbond substituents is 1. The highest BCUT2D eigenvalue weighted by molar-refractivity contribution is 5.89. The summed E-state index contributed by atoms with van der Waals surface area (Å²) in [6.45, 7) is 6.34. The third-order valence-corrected chi connectivity index (χ3v) is 5.26. The fraction of sp³-hybridized carbons (Fsp3) is 0.318. The molecule has 2 heterocycles. The minimum Gasteiger partial charge on any atom is -0.507 e. The zero-order valence-corrected chi connectivity index (χ0v) is 16.2. The van der Waals surface area contributed by atoms with Gasteiger partial charge in [0.25, 0.3) is 5.95 Å². The fourth-order valence-electron chi connectivity index (χ4n) is 3.65. The van der Waals surface area contributed by atoms with Crippen LogP contribution < -0.4 is 15.5 Å². The van der Waals surface area contributed by atoms with Gasteiger partial charge in [0.1, 0.15) is 34.6 Å². The topological polar surface area (TPSA) is 95.2 Å². The number of ether oxygens (including phenoxy) is 1. The molecule has 2 aromatic carbocycles. The summed E-state index contributed by atoms with van der Waals surface area (Å²) >= 11 is 0. The molecule has 1 aliphatic heterocycles. The van der Waals surface area contributed by atoms with E-state index in [1.807, 2.05) is 6.07 Å². The van der Waals surface area contributed by atoms with Gasteiger partial charge in [0.2, 0.25) is 5.43 Å². The van der Waals surface area contributed by atoms with E-state index < -0.39 is 11.4 Å². The molecular weight excluding hydrogens is 372 g/mol. The average Bonchev–Trinajstić information content (AvgIpc) is 2.73. The van der Waals surface area contributed by atoms with Crippen molar-refractivity contribution in [1.82, 2.24) is 10.2 Å². The van der Waals surface area contributed by atoms with Gasteiger partial charge in [0.05, 0.1) is 0 Å². The predicted molar refractivity (Wildman–Crippen MR) is 111 cm³/mol. The third kappa shape index (κ3) is 3.92. The Morgan fingerprint density at radius 3 is 2.62 bits per heavy atom. The number of phenols is 1. The highest BCUT2D eigenvalue weighted by Crippen LogP contribution is 2.35. The van der Waals surface area contributed by atoms with Crippen LogP contribution >= 0.6 is 0 Å². The molecule has 1 atom stereocenters. The molecule has 1 unspecified atom stereocenters. The molecular formula is C22H24N2O5. The third-order valence-electron chi connectivity index (χ3n) is 5.26. The Labute approximate surface area is 168 Å². The summed E-state index contributed by atoms with van der Waals surface area (Å²) in [5.74, 6) is -0.343. The van der Waals surface area contributed by atoms with Crippen LogP contribution in [0.3, 0.4) is 0 Å². The fourth-order valence-corrected chi connectivity index (χ4v) is 3.65. The number of rotatable bonds is 5. The molecule has 0 spiro atoms. The number of aromatic hydroxyl groups is 2. The van der Waals surface area contributed by atoms with E-state index in [1.165, 1.54) is 12.1 Å². The van der Waals surface area contributed by atoms with Crippen LogP contribution in [0.25, 0.3) is 22.1 Å². The van der Waals surface area contributed by atoms with Gasteiger partial charge in [-0.15, -0.1) is 0 Å². The lowest BCUT2D eigenvalue weighted by atomic mass is 10.0. The first-order valence-corrected chi connectivity index (χ1v) is 9.70. The second-order valence-electron chi connectivity index (χ2n) is 7.24. The second-order valence-corrected chi connectivity index (χ2v) is 7.24. The second kappa shape index (κ2) is 8.14. The molecule has 0 bridgehead atoms. The number of nitrogens with one attached hydrogen (secondary N) is 1. The summed E-state index contributed by atoms with van der Waals surface area (Å²) in [6.07, 6.45) is 0. The maximum atomic E-state index is 12.9. The summed E-state index contributed by atoms with van der Waals surface area (Å²) in [5.41, 5.74) is 0.129. The normalized spacial score (nSPS) is 16.0. The maximum absolute atomic E-state index is 12.9. The van der Waals surface area contributed by atoms with Crippen molar-refractivity contribution in [1.29, 1.82) is 0 Å². The summed E-state index contributed by atoms with van der Waals surface area (Å²) in [5, 5.41) is 24.1. The van der Waals surface area contributed by atoms with Crippen LogP contribution in [-0.2, 0) is 0 Å². The molecule has 7 heteroatoms. The quantitative estimate of drug-likeness (QED) is 0.610. The molecule has 1 aromatic heterocycles. The van der Waals surface area contributed by atoms with Crippen molar-refractivity contribution in [2.24, 2.45) is 0 Å². The monoisotopic (exact) mass is 396 g/mol. The number of benzene rings is 2. The molecule has 0 amide bonds. The lowest BCUT2D eigenvalue weighted by Gasteiger charge is -2.32.